The van der Waals surface area contributed by atoms with E-state index in [4.69, 9.17) is 28.1 Å². The lowest BCUT2D eigenvalue weighted by atomic mass is 10.0. The SMILES string of the molecule is CCO/N=C(/C(=O)N[C@@H]1C(=O)N2C(C(=O)O)=C(Sc3nc(-c4cc[n+](C)cc4)cs3)CS[C@H]12)c1nsc(N)n1.O=S(=O)([O-])O. The number of hydrogen-bond donors (Lipinski definition) is 4. The summed E-state index contributed by atoms with van der Waals surface area (Å²) >= 11 is 4.86. The van der Waals surface area contributed by atoms with Gasteiger partial charge in [0.25, 0.3) is 11.8 Å². The van der Waals surface area contributed by atoms with Crippen LogP contribution >= 0.6 is 46.4 Å². The third-order valence-electron chi connectivity index (χ3n) is 5.54. The minimum absolute atomic E-state index is 0.0274. The van der Waals surface area contributed by atoms with Crippen molar-refractivity contribution in [3.05, 3.63) is 46.3 Å². The van der Waals surface area contributed by atoms with Crippen molar-refractivity contribution in [2.24, 2.45) is 12.2 Å². The van der Waals surface area contributed by atoms with Crippen LogP contribution < -0.4 is 15.6 Å². The molecular formula is C22H22N8O9S5. The molecule has 0 aliphatic carbocycles. The number of carbonyl (C=O) groups excluding carboxylic acids is 2. The molecule has 2 amide bonds. The van der Waals surface area contributed by atoms with Crippen molar-refractivity contribution in [2.45, 2.75) is 22.7 Å². The number of pyridine rings is 1. The number of thioether (sulfide) groups is 2. The van der Waals surface area contributed by atoms with Crippen LogP contribution in [-0.2, 0) is 36.7 Å². The van der Waals surface area contributed by atoms with Gasteiger partial charge in [-0.1, -0.05) is 16.9 Å². The second-order valence-corrected chi connectivity index (χ2v) is 13.5. The van der Waals surface area contributed by atoms with E-state index in [2.05, 4.69) is 24.8 Å². The van der Waals surface area contributed by atoms with Crippen molar-refractivity contribution >= 4 is 85.4 Å². The van der Waals surface area contributed by atoms with E-state index in [1.165, 1.54) is 39.8 Å². The number of nitrogens with zero attached hydrogens (tertiary/aromatic N) is 6. The second kappa shape index (κ2) is 14.0. The number of carboxylic acid groups (broad SMARTS) is 1. The summed E-state index contributed by atoms with van der Waals surface area (Å²) in [7, 11) is -2.99. The molecule has 3 aromatic heterocycles. The number of rotatable bonds is 9. The van der Waals surface area contributed by atoms with Crippen LogP contribution in [0.1, 0.15) is 12.7 Å². The Balaban J connectivity index is 0.000000818. The van der Waals surface area contributed by atoms with E-state index in [9.17, 15) is 19.5 Å². The van der Waals surface area contributed by atoms with Gasteiger partial charge in [0, 0.05) is 45.3 Å². The Morgan fingerprint density at radius 3 is 2.61 bits per heavy atom. The van der Waals surface area contributed by atoms with Crippen LogP contribution in [-0.4, -0.2) is 89.1 Å². The fourth-order valence-corrected chi connectivity index (χ4v) is 7.63. The molecule has 22 heteroatoms. The molecule has 0 spiro atoms. The van der Waals surface area contributed by atoms with Gasteiger partial charge in [-0.25, -0.2) is 22.8 Å². The van der Waals surface area contributed by atoms with Crippen molar-refractivity contribution in [3.63, 3.8) is 0 Å². The molecule has 3 aromatic rings. The molecule has 2 aliphatic rings. The number of aryl methyl sites for hydroxylation is 1. The van der Waals surface area contributed by atoms with Gasteiger partial charge < -0.3 is 25.5 Å². The number of hydrogen-bond acceptors (Lipinski definition) is 16. The maximum absolute atomic E-state index is 13.1. The number of β-lactam (4-membered cyclic amide) rings is 1. The van der Waals surface area contributed by atoms with Gasteiger partial charge in [0.05, 0.1) is 5.69 Å². The first kappa shape index (κ1) is 33.2. The normalized spacial score (nSPS) is 18.1. The molecule has 17 nitrogen and oxygen atoms in total. The van der Waals surface area contributed by atoms with Gasteiger partial charge >= 0.3 is 5.97 Å². The van der Waals surface area contributed by atoms with E-state index >= 15 is 0 Å². The Hall–Kier alpha value is -3.67. The molecule has 0 radical (unpaired) electrons. The number of carboxylic acids is 1. The van der Waals surface area contributed by atoms with Crippen molar-refractivity contribution < 1.29 is 46.4 Å². The number of aromatic nitrogens is 4. The summed E-state index contributed by atoms with van der Waals surface area (Å²) in [5.74, 6) is -2.21. The zero-order valence-electron chi connectivity index (χ0n) is 22.5. The summed E-state index contributed by atoms with van der Waals surface area (Å²) in [5, 5.41) is 17.8. The molecule has 0 bridgehead atoms. The van der Waals surface area contributed by atoms with Gasteiger partial charge in [-0.05, 0) is 6.92 Å². The van der Waals surface area contributed by atoms with Crippen LogP contribution in [0.4, 0.5) is 5.13 Å². The van der Waals surface area contributed by atoms with E-state index < -0.39 is 39.6 Å². The zero-order valence-corrected chi connectivity index (χ0v) is 26.6. The number of carbonyl (C=O) groups is 3. The molecule has 2 aliphatic heterocycles. The zero-order chi connectivity index (χ0) is 32.2. The highest BCUT2D eigenvalue weighted by Gasteiger charge is 2.54. The molecule has 0 aromatic carbocycles. The van der Waals surface area contributed by atoms with Crippen LogP contribution in [0.3, 0.4) is 0 Å². The molecule has 1 saturated heterocycles. The van der Waals surface area contributed by atoms with Gasteiger partial charge in [0.2, 0.25) is 21.9 Å². The first-order valence-electron chi connectivity index (χ1n) is 12.1. The molecule has 44 heavy (non-hydrogen) atoms. The van der Waals surface area contributed by atoms with Gasteiger partial charge in [-0.15, -0.1) is 23.1 Å². The quantitative estimate of drug-likeness (QED) is 0.0584. The first-order valence-corrected chi connectivity index (χ1v) is 16.9. The number of nitrogen functional groups attached to an aromatic ring is 1. The van der Waals surface area contributed by atoms with Crippen LogP contribution in [0.15, 0.2) is 50.0 Å². The second-order valence-electron chi connectivity index (χ2n) is 8.53. The Morgan fingerprint density at radius 1 is 1.34 bits per heavy atom. The molecule has 2 atom stereocenters. The van der Waals surface area contributed by atoms with Crippen LogP contribution in [0.25, 0.3) is 11.3 Å². The van der Waals surface area contributed by atoms with Gasteiger partial charge in [-0.3, -0.25) is 19.0 Å². The fourth-order valence-electron chi connectivity index (χ4n) is 3.74. The van der Waals surface area contributed by atoms with Crippen LogP contribution in [0, 0.1) is 0 Å². The Bertz CT molecular complexity index is 1730. The average Bonchev–Trinajstić information content (AvgIpc) is 3.60. The lowest BCUT2D eigenvalue weighted by Gasteiger charge is -2.49. The van der Waals surface area contributed by atoms with E-state index in [1.54, 1.807) is 6.92 Å². The van der Waals surface area contributed by atoms with Crippen LogP contribution in [0.5, 0.6) is 0 Å². The minimum Gasteiger partial charge on any atom is -0.726 e. The number of fused-ring (bicyclic) bond motifs is 1. The topological polar surface area (TPSA) is 254 Å². The Morgan fingerprint density at radius 2 is 2.02 bits per heavy atom. The smallest absolute Gasteiger partial charge is 0.353 e. The highest BCUT2D eigenvalue weighted by molar-refractivity contribution is 8.07. The highest BCUT2D eigenvalue weighted by Crippen LogP contribution is 2.46. The molecule has 234 valence electrons. The number of oxime groups is 1. The maximum Gasteiger partial charge on any atom is 0.353 e. The molecule has 5 heterocycles. The van der Waals surface area contributed by atoms with Crippen molar-refractivity contribution in [2.75, 3.05) is 18.1 Å². The molecule has 0 unspecified atom stereocenters. The molecule has 5 N–H and O–H groups in total. The summed E-state index contributed by atoms with van der Waals surface area (Å²) in [5.41, 5.74) is 7.02. The number of aliphatic carboxylic acids is 1. The number of amides is 2. The highest BCUT2D eigenvalue weighted by atomic mass is 32.3. The summed E-state index contributed by atoms with van der Waals surface area (Å²) in [4.78, 5) is 53.7. The first-order chi connectivity index (χ1) is 20.8. The summed E-state index contributed by atoms with van der Waals surface area (Å²) in [6.45, 7) is 1.89. The van der Waals surface area contributed by atoms with Crippen LogP contribution in [0.2, 0.25) is 0 Å². The molecule has 0 saturated carbocycles. The predicted molar refractivity (Wildman–Crippen MR) is 159 cm³/mol. The lowest BCUT2D eigenvalue weighted by Crippen LogP contribution is -2.71. The van der Waals surface area contributed by atoms with E-state index in [1.807, 2.05) is 41.5 Å². The lowest BCUT2D eigenvalue weighted by molar-refractivity contribution is -0.671. The third kappa shape index (κ3) is 8.08. The van der Waals surface area contributed by atoms with Gasteiger partial charge in [0.15, 0.2) is 21.9 Å². The van der Waals surface area contributed by atoms with E-state index in [0.29, 0.717) is 15.0 Å². The minimum atomic E-state index is -4.92. The number of nitrogens with one attached hydrogen (secondary N) is 1. The molecule has 1 fully saturated rings. The summed E-state index contributed by atoms with van der Waals surface area (Å²) in [6.07, 6.45) is 3.84. The van der Waals surface area contributed by atoms with E-state index in [0.717, 1.165) is 22.8 Å². The summed E-state index contributed by atoms with van der Waals surface area (Å²) in [6, 6.07) is 2.94. The number of anilines is 1. The Kier molecular flexibility index (Phi) is 10.5. The van der Waals surface area contributed by atoms with Crippen molar-refractivity contribution in [3.8, 4) is 11.3 Å². The van der Waals surface area contributed by atoms with E-state index in [-0.39, 0.29) is 29.0 Å². The number of nitrogens with two attached hydrogens (primary N) is 1. The average molecular weight is 703 g/mol. The predicted octanol–water partition coefficient (Wildman–Crippen LogP) is 0.302. The molecular weight excluding hydrogens is 681 g/mol. The maximum atomic E-state index is 13.1. The van der Waals surface area contributed by atoms with Crippen molar-refractivity contribution in [1.29, 1.82) is 0 Å². The molecule has 5 rings (SSSR count). The monoisotopic (exact) mass is 702 g/mol. The summed E-state index contributed by atoms with van der Waals surface area (Å²) < 4.78 is 39.4. The Labute approximate surface area is 266 Å². The van der Waals surface area contributed by atoms with Gasteiger partial charge in [0.1, 0.15) is 30.8 Å². The fraction of sp³-hybridized carbons (Fsp3) is 0.273. The standard InChI is InChI=1S/C22H20N8O5S4.H2O4S/c1-3-35-27-13(16-26-21(23)39-28-16)17(31)25-14-18(32)30-15(20(33)34)12(9-36-19(14)30)38-22-24-11(8-37-22)10-4-6-29(2)7-5-10;1-5(2,3)4/h4-8,14,19H,3,9H2,1-2H3,(H3-,23,25,26,28,31,33,34);(H2,1,2,3,4)/b27-13+;/t14-,19-;/m1./s1. The van der Waals surface area contributed by atoms with Crippen molar-refractivity contribution in [1.82, 2.24) is 24.6 Å². The van der Waals surface area contributed by atoms with Gasteiger partial charge in [-0.2, -0.15) is 9.36 Å². The number of thiazole rings is 1. The third-order valence-corrected chi connectivity index (χ3v) is 9.57. The largest absolute Gasteiger partial charge is 0.726 e.